The maximum Gasteiger partial charge on any atom is 0.327 e. The van der Waals surface area contributed by atoms with Crippen LogP contribution in [0.1, 0.15) is 26.2 Å². The van der Waals surface area contributed by atoms with Crippen molar-refractivity contribution in [2.24, 2.45) is 0 Å². The van der Waals surface area contributed by atoms with Crippen LogP contribution in [-0.2, 0) is 14.7 Å². The van der Waals surface area contributed by atoms with Gasteiger partial charge in [0.25, 0.3) is 0 Å². The van der Waals surface area contributed by atoms with Gasteiger partial charge in [0.05, 0.1) is 0 Å². The monoisotopic (exact) mass is 169 g/mol. The number of unbranched alkanes of at least 4 members (excludes halogenated alkanes) is 1. The van der Waals surface area contributed by atoms with Gasteiger partial charge in [0.15, 0.2) is 0 Å². The first-order valence-electron chi connectivity index (χ1n) is 3.07. The third-order valence-electron chi connectivity index (χ3n) is 1.10. The van der Waals surface area contributed by atoms with Gasteiger partial charge in [-0.2, -0.15) is 8.42 Å². The molecule has 0 spiro atoms. The Balaban J connectivity index is 3.75. The lowest BCUT2D eigenvalue weighted by atomic mass is 10.3. The van der Waals surface area contributed by atoms with Crippen molar-refractivity contribution in [2.75, 3.05) is 0 Å². The van der Waals surface area contributed by atoms with Crippen LogP contribution in [0.15, 0.2) is 0 Å². The minimum Gasteiger partial charge on any atom is -0.227 e. The van der Waals surface area contributed by atoms with E-state index >= 15 is 0 Å². The SMILES string of the molecule is CCCCC(F)S([O])(=O)=O. The van der Waals surface area contributed by atoms with E-state index in [9.17, 15) is 17.4 Å². The van der Waals surface area contributed by atoms with Crippen LogP contribution in [0.5, 0.6) is 0 Å². The van der Waals surface area contributed by atoms with Gasteiger partial charge in [-0.15, -0.1) is 0 Å². The number of rotatable bonds is 4. The topological polar surface area (TPSA) is 54.0 Å². The Morgan fingerprint density at radius 3 is 2.30 bits per heavy atom. The van der Waals surface area contributed by atoms with Crippen molar-refractivity contribution in [3.8, 4) is 0 Å². The molecule has 0 aromatic carbocycles. The Morgan fingerprint density at radius 2 is 2.00 bits per heavy atom. The molecule has 0 bridgehead atoms. The summed E-state index contributed by atoms with van der Waals surface area (Å²) < 4.78 is 41.9. The first kappa shape index (κ1) is 9.84. The molecule has 1 radical (unpaired) electrons. The van der Waals surface area contributed by atoms with Crippen molar-refractivity contribution in [1.82, 2.24) is 0 Å². The van der Waals surface area contributed by atoms with Crippen molar-refractivity contribution < 1.29 is 17.4 Å². The molecule has 0 aromatic rings. The summed E-state index contributed by atoms with van der Waals surface area (Å²) in [6.07, 6.45) is 0.945. The van der Waals surface area contributed by atoms with E-state index in [1.54, 1.807) is 6.92 Å². The summed E-state index contributed by atoms with van der Waals surface area (Å²) >= 11 is 0. The van der Waals surface area contributed by atoms with Crippen LogP contribution in [0.4, 0.5) is 4.39 Å². The van der Waals surface area contributed by atoms with Gasteiger partial charge in [0, 0.05) is 0 Å². The Labute approximate surface area is 60.0 Å². The van der Waals surface area contributed by atoms with Crippen LogP contribution < -0.4 is 0 Å². The third kappa shape index (κ3) is 3.79. The fraction of sp³-hybridized carbons (Fsp3) is 1.00. The van der Waals surface area contributed by atoms with E-state index in [-0.39, 0.29) is 6.42 Å². The number of hydrogen-bond acceptors (Lipinski definition) is 2. The van der Waals surface area contributed by atoms with E-state index in [2.05, 4.69) is 0 Å². The average Bonchev–Trinajstić information content (AvgIpc) is 1.80. The van der Waals surface area contributed by atoms with Gasteiger partial charge in [0.1, 0.15) is 0 Å². The second-order valence-corrected chi connectivity index (χ2v) is 3.54. The lowest BCUT2D eigenvalue weighted by Crippen LogP contribution is -2.12. The molecular formula is C5H10FO3S. The van der Waals surface area contributed by atoms with E-state index in [1.807, 2.05) is 0 Å². The van der Waals surface area contributed by atoms with Gasteiger partial charge >= 0.3 is 10.1 Å². The summed E-state index contributed by atoms with van der Waals surface area (Å²) in [6, 6.07) is 0. The molecule has 0 aliphatic carbocycles. The van der Waals surface area contributed by atoms with Gasteiger partial charge in [0.2, 0.25) is 5.50 Å². The summed E-state index contributed by atoms with van der Waals surface area (Å²) in [5.41, 5.74) is -2.22. The minimum atomic E-state index is -4.69. The molecule has 1 unspecified atom stereocenters. The molecule has 0 aliphatic rings. The van der Waals surface area contributed by atoms with Crippen LogP contribution in [0.3, 0.4) is 0 Å². The fourth-order valence-corrected chi connectivity index (χ4v) is 0.964. The number of hydrogen-bond donors (Lipinski definition) is 0. The molecule has 0 N–H and O–H groups in total. The number of halogens is 1. The smallest absolute Gasteiger partial charge is 0.227 e. The molecule has 10 heavy (non-hydrogen) atoms. The summed E-state index contributed by atoms with van der Waals surface area (Å²) in [5, 5.41) is 0. The van der Waals surface area contributed by atoms with Crippen LogP contribution in [0.25, 0.3) is 0 Å². The van der Waals surface area contributed by atoms with E-state index in [1.165, 1.54) is 0 Å². The minimum absolute atomic E-state index is 0.178. The number of alkyl halides is 1. The summed E-state index contributed by atoms with van der Waals surface area (Å²) in [7, 11) is -4.69. The molecule has 0 amide bonds. The first-order valence-corrected chi connectivity index (χ1v) is 4.54. The predicted octanol–water partition coefficient (Wildman–Crippen LogP) is 1.23. The van der Waals surface area contributed by atoms with Gasteiger partial charge < -0.3 is 0 Å². The molecular weight excluding hydrogens is 159 g/mol. The zero-order valence-corrected chi connectivity index (χ0v) is 6.53. The van der Waals surface area contributed by atoms with Crippen LogP contribution in [-0.4, -0.2) is 13.9 Å². The first-order chi connectivity index (χ1) is 4.48. The van der Waals surface area contributed by atoms with Crippen molar-refractivity contribution in [1.29, 1.82) is 0 Å². The highest BCUT2D eigenvalue weighted by Gasteiger charge is 2.22. The second kappa shape index (κ2) is 3.88. The van der Waals surface area contributed by atoms with Gasteiger partial charge in [-0.3, -0.25) is 0 Å². The molecule has 61 valence electrons. The highest BCUT2D eigenvalue weighted by atomic mass is 32.2. The second-order valence-electron chi connectivity index (χ2n) is 2.05. The Bertz CT molecular complexity index is 175. The van der Waals surface area contributed by atoms with Crippen LogP contribution in [0, 0.1) is 0 Å². The van der Waals surface area contributed by atoms with E-state index in [0.717, 1.165) is 0 Å². The summed E-state index contributed by atoms with van der Waals surface area (Å²) in [4.78, 5) is 0. The molecule has 5 heteroatoms. The summed E-state index contributed by atoms with van der Waals surface area (Å²) in [5.74, 6) is 0. The molecule has 0 fully saturated rings. The van der Waals surface area contributed by atoms with Crippen LogP contribution in [0.2, 0.25) is 0 Å². The largest absolute Gasteiger partial charge is 0.327 e. The molecule has 0 saturated heterocycles. The van der Waals surface area contributed by atoms with Gasteiger partial charge in [-0.1, -0.05) is 17.9 Å². The third-order valence-corrected chi connectivity index (χ3v) is 1.96. The normalized spacial score (nSPS) is 15.1. The molecule has 0 rings (SSSR count). The fourth-order valence-electron chi connectivity index (χ4n) is 0.509. The van der Waals surface area contributed by atoms with E-state index < -0.39 is 15.6 Å². The Morgan fingerprint density at radius 1 is 1.50 bits per heavy atom. The molecule has 1 atom stereocenters. The standard InChI is InChI=1S/C5H10FO3S/c1-2-3-4-5(6)10(7,8)9/h5H,2-4H2,1H3. The highest BCUT2D eigenvalue weighted by Crippen LogP contribution is 2.09. The van der Waals surface area contributed by atoms with Crippen molar-refractivity contribution in [3.63, 3.8) is 0 Å². The van der Waals surface area contributed by atoms with Gasteiger partial charge in [-0.25, -0.2) is 4.39 Å². The zero-order chi connectivity index (χ0) is 8.20. The summed E-state index contributed by atoms with van der Waals surface area (Å²) in [6.45, 7) is 1.80. The van der Waals surface area contributed by atoms with Gasteiger partial charge in [-0.05, 0) is 12.8 Å². The molecule has 0 heterocycles. The van der Waals surface area contributed by atoms with Crippen molar-refractivity contribution in [2.45, 2.75) is 31.7 Å². The maximum absolute atomic E-state index is 12.2. The van der Waals surface area contributed by atoms with Crippen molar-refractivity contribution >= 4 is 10.1 Å². The highest BCUT2D eigenvalue weighted by molar-refractivity contribution is 7.86. The predicted molar refractivity (Wildman–Crippen MR) is 34.0 cm³/mol. The molecule has 0 aromatic heterocycles. The quantitative estimate of drug-likeness (QED) is 0.635. The maximum atomic E-state index is 12.2. The Hall–Kier alpha value is -0.160. The van der Waals surface area contributed by atoms with Crippen LogP contribution >= 0.6 is 0 Å². The molecule has 3 nitrogen and oxygen atoms in total. The average molecular weight is 169 g/mol. The zero-order valence-electron chi connectivity index (χ0n) is 5.71. The van der Waals surface area contributed by atoms with Crippen molar-refractivity contribution in [3.05, 3.63) is 0 Å². The molecule has 0 aliphatic heterocycles. The van der Waals surface area contributed by atoms with E-state index in [0.29, 0.717) is 12.8 Å². The Kier molecular flexibility index (Phi) is 3.81. The lowest BCUT2D eigenvalue weighted by molar-refractivity contribution is 0.326. The lowest BCUT2D eigenvalue weighted by Gasteiger charge is -1.99. The van der Waals surface area contributed by atoms with E-state index in [4.69, 9.17) is 0 Å². The molecule has 0 saturated carbocycles.